The van der Waals surface area contributed by atoms with E-state index in [4.69, 9.17) is 5.11 Å². The van der Waals surface area contributed by atoms with Crippen molar-refractivity contribution in [2.75, 3.05) is 0 Å². The van der Waals surface area contributed by atoms with Gasteiger partial charge in [-0.15, -0.1) is 0 Å². The van der Waals surface area contributed by atoms with E-state index in [9.17, 15) is 14.7 Å². The van der Waals surface area contributed by atoms with Gasteiger partial charge < -0.3 is 10.2 Å². The molecule has 18 heavy (non-hydrogen) atoms. The molecule has 4 nitrogen and oxygen atoms in total. The van der Waals surface area contributed by atoms with Gasteiger partial charge in [0.05, 0.1) is 5.60 Å². The Kier molecular flexibility index (Phi) is 2.73. The van der Waals surface area contributed by atoms with E-state index in [1.165, 1.54) is 0 Å². The lowest BCUT2D eigenvalue weighted by molar-refractivity contribution is -0.153. The van der Waals surface area contributed by atoms with Gasteiger partial charge in [-0.3, -0.25) is 4.79 Å². The fraction of sp³-hybridized carbons (Fsp3) is 0.857. The Labute approximate surface area is 106 Å². The summed E-state index contributed by atoms with van der Waals surface area (Å²) in [5, 5.41) is 19.6. The lowest BCUT2D eigenvalue weighted by Gasteiger charge is -2.40. The zero-order valence-electron chi connectivity index (χ0n) is 10.5. The predicted octanol–water partition coefficient (Wildman–Crippen LogP) is 1.61. The molecule has 0 heterocycles. The summed E-state index contributed by atoms with van der Waals surface area (Å²) in [6.45, 7) is 0. The molecule has 0 radical (unpaired) electrons. The summed E-state index contributed by atoms with van der Waals surface area (Å²) >= 11 is 0. The molecule has 4 bridgehead atoms. The van der Waals surface area contributed by atoms with Gasteiger partial charge in [-0.25, -0.2) is 4.79 Å². The van der Waals surface area contributed by atoms with E-state index in [-0.39, 0.29) is 5.92 Å². The molecule has 3 aliphatic rings. The van der Waals surface area contributed by atoms with Gasteiger partial charge in [-0.1, -0.05) is 6.42 Å². The molecular weight excluding hydrogens is 232 g/mol. The summed E-state index contributed by atoms with van der Waals surface area (Å²) in [6.07, 6.45) is 6.00. The number of Topliss-reactive ketones (excluding diaryl/α,β-unsaturated/α-hetero) is 1. The maximum atomic E-state index is 11.9. The van der Waals surface area contributed by atoms with Crippen molar-refractivity contribution in [3.05, 3.63) is 0 Å². The Morgan fingerprint density at radius 2 is 1.72 bits per heavy atom. The number of carbonyl (C=O) groups excluding carboxylic acids is 1. The van der Waals surface area contributed by atoms with Crippen LogP contribution in [0.4, 0.5) is 0 Å². The molecule has 0 spiro atoms. The highest BCUT2D eigenvalue weighted by atomic mass is 16.4. The van der Waals surface area contributed by atoms with E-state index in [0.29, 0.717) is 18.3 Å². The van der Waals surface area contributed by atoms with Crippen molar-refractivity contribution >= 4 is 11.8 Å². The van der Waals surface area contributed by atoms with Crippen LogP contribution in [-0.4, -0.2) is 27.6 Å². The molecule has 100 valence electrons. The summed E-state index contributed by atoms with van der Waals surface area (Å²) in [7, 11) is 0. The second-order valence-corrected chi connectivity index (χ2v) is 6.65. The fourth-order valence-corrected chi connectivity index (χ4v) is 4.76. The summed E-state index contributed by atoms with van der Waals surface area (Å²) < 4.78 is 0. The molecular formula is C14H20O4. The van der Waals surface area contributed by atoms with E-state index in [0.717, 1.165) is 38.5 Å². The number of aliphatic carboxylic acids is 1. The minimum absolute atomic E-state index is 0.179. The van der Waals surface area contributed by atoms with Gasteiger partial charge in [0.2, 0.25) is 5.78 Å². The van der Waals surface area contributed by atoms with E-state index in [1.807, 2.05) is 0 Å². The molecule has 3 rings (SSSR count). The van der Waals surface area contributed by atoms with Crippen LogP contribution in [0.5, 0.6) is 0 Å². The van der Waals surface area contributed by atoms with E-state index < -0.39 is 23.3 Å². The number of aliphatic hydroxyl groups is 1. The van der Waals surface area contributed by atoms with Crippen molar-refractivity contribution in [2.45, 2.75) is 50.5 Å². The lowest BCUT2D eigenvalue weighted by atomic mass is 9.69. The second kappa shape index (κ2) is 4.05. The topological polar surface area (TPSA) is 74.6 Å². The molecule has 0 aromatic carbocycles. The van der Waals surface area contributed by atoms with Crippen molar-refractivity contribution in [3.8, 4) is 0 Å². The first-order chi connectivity index (χ1) is 8.47. The number of carboxylic acids is 1. The third kappa shape index (κ3) is 1.96. The van der Waals surface area contributed by atoms with Crippen LogP contribution in [0.2, 0.25) is 0 Å². The summed E-state index contributed by atoms with van der Waals surface area (Å²) in [5.41, 5.74) is -0.779. The monoisotopic (exact) mass is 252 g/mol. The summed E-state index contributed by atoms with van der Waals surface area (Å²) in [6, 6.07) is 0. The van der Waals surface area contributed by atoms with Crippen LogP contribution < -0.4 is 0 Å². The van der Waals surface area contributed by atoms with Crippen LogP contribution in [0.3, 0.4) is 0 Å². The number of hydrogen-bond acceptors (Lipinski definition) is 3. The van der Waals surface area contributed by atoms with Gasteiger partial charge in [0.25, 0.3) is 0 Å². The molecule has 3 aliphatic carbocycles. The highest BCUT2D eigenvalue weighted by Gasteiger charge is 2.50. The molecule has 2 N–H and O–H groups in total. The second-order valence-electron chi connectivity index (χ2n) is 6.65. The van der Waals surface area contributed by atoms with Crippen molar-refractivity contribution in [3.63, 3.8) is 0 Å². The average molecular weight is 252 g/mol. The first-order valence-corrected chi connectivity index (χ1v) is 6.96. The molecule has 3 fully saturated rings. The molecule has 3 saturated carbocycles. The number of ketones is 1. The predicted molar refractivity (Wildman–Crippen MR) is 63.9 cm³/mol. The normalized spacial score (nSPS) is 46.5. The molecule has 0 aromatic heterocycles. The smallest absolute Gasteiger partial charge is 0.372 e. The van der Waals surface area contributed by atoms with Gasteiger partial charge in [0, 0.05) is 5.92 Å². The van der Waals surface area contributed by atoms with Crippen molar-refractivity contribution in [1.29, 1.82) is 0 Å². The molecule has 0 amide bonds. The minimum atomic E-state index is -1.33. The van der Waals surface area contributed by atoms with Crippen molar-refractivity contribution < 1.29 is 19.8 Å². The molecule has 0 saturated heterocycles. The van der Waals surface area contributed by atoms with Crippen LogP contribution in [0.25, 0.3) is 0 Å². The van der Waals surface area contributed by atoms with Crippen molar-refractivity contribution in [2.24, 2.45) is 23.7 Å². The third-order valence-corrected chi connectivity index (χ3v) is 5.30. The van der Waals surface area contributed by atoms with Gasteiger partial charge in [0.1, 0.15) is 0 Å². The molecule has 4 heteroatoms. The largest absolute Gasteiger partial charge is 0.475 e. The number of carboxylic acid groups (broad SMARTS) is 1. The van der Waals surface area contributed by atoms with Crippen molar-refractivity contribution in [1.82, 2.24) is 0 Å². The Balaban J connectivity index is 1.93. The van der Waals surface area contributed by atoms with Gasteiger partial charge in [-0.05, 0) is 56.3 Å². The number of carbonyl (C=O) groups is 2. The first kappa shape index (κ1) is 12.2. The lowest BCUT2D eigenvalue weighted by Crippen LogP contribution is -2.42. The highest BCUT2D eigenvalue weighted by Crippen LogP contribution is 2.52. The van der Waals surface area contributed by atoms with Gasteiger partial charge >= 0.3 is 5.97 Å². The fourth-order valence-electron chi connectivity index (χ4n) is 4.76. The Morgan fingerprint density at radius 1 is 1.00 bits per heavy atom. The molecule has 0 aliphatic heterocycles. The zero-order valence-corrected chi connectivity index (χ0v) is 10.5. The first-order valence-electron chi connectivity index (χ1n) is 6.96. The van der Waals surface area contributed by atoms with Gasteiger partial charge in [-0.2, -0.15) is 0 Å². The summed E-state index contributed by atoms with van der Waals surface area (Å²) in [4.78, 5) is 22.8. The zero-order chi connectivity index (χ0) is 12.9. The Hall–Kier alpha value is -0.900. The highest BCUT2D eigenvalue weighted by molar-refractivity contribution is 6.33. The Bertz CT molecular complexity index is 387. The standard InChI is InChI=1S/C14H20O4/c15-12(13(16)17)11-7-14(18)5-8-1-2-10(11)4-9(3-8)6-14/h8-11,18H,1-7H2,(H,16,17). The SMILES string of the molecule is O=C(O)C(=O)C1CC2(O)CC3CCC1CC(C3)C2. The summed E-state index contributed by atoms with van der Waals surface area (Å²) in [5.74, 6) is -1.22. The van der Waals surface area contributed by atoms with Crippen LogP contribution in [-0.2, 0) is 9.59 Å². The number of fused-ring (bicyclic) bond motifs is 3. The van der Waals surface area contributed by atoms with Gasteiger partial charge in [0.15, 0.2) is 0 Å². The molecule has 5 atom stereocenters. The number of rotatable bonds is 2. The van der Waals surface area contributed by atoms with E-state index >= 15 is 0 Å². The average Bonchev–Trinajstić information content (AvgIpc) is 2.49. The third-order valence-electron chi connectivity index (χ3n) is 5.30. The van der Waals surface area contributed by atoms with Crippen LogP contribution in [0.1, 0.15) is 44.9 Å². The molecule has 0 aromatic rings. The quantitative estimate of drug-likeness (QED) is 0.732. The van der Waals surface area contributed by atoms with Crippen LogP contribution in [0, 0.1) is 23.7 Å². The Morgan fingerprint density at radius 3 is 2.44 bits per heavy atom. The van der Waals surface area contributed by atoms with E-state index in [2.05, 4.69) is 0 Å². The van der Waals surface area contributed by atoms with E-state index in [1.54, 1.807) is 0 Å². The number of hydrogen-bond donors (Lipinski definition) is 2. The molecule has 5 unspecified atom stereocenters. The maximum Gasteiger partial charge on any atom is 0.372 e. The van der Waals surface area contributed by atoms with Crippen LogP contribution in [0.15, 0.2) is 0 Å². The van der Waals surface area contributed by atoms with Crippen LogP contribution >= 0.6 is 0 Å². The minimum Gasteiger partial charge on any atom is -0.475 e. The maximum absolute atomic E-state index is 11.9.